The molecular weight excluding hydrogens is 94.0 g/mol. The number of nitrogens with two attached hydrogens (primary N) is 1. The van der Waals surface area contributed by atoms with E-state index in [1.54, 1.807) is 0 Å². The molecule has 0 aliphatic carbocycles. The molecule has 0 saturated carbocycles. The fourth-order valence-electron chi connectivity index (χ4n) is 0.0617. The van der Waals surface area contributed by atoms with E-state index in [0.717, 1.165) is 6.92 Å². The van der Waals surface area contributed by atoms with Crippen molar-refractivity contribution in [2.24, 2.45) is 11.6 Å². The third kappa shape index (κ3) is 2.17. The minimum atomic E-state index is -2.52. The summed E-state index contributed by atoms with van der Waals surface area (Å²) < 4.78 is 20.4. The summed E-state index contributed by atoms with van der Waals surface area (Å²) in [5.74, 6) is -3.85. The molecule has 0 aliphatic heterocycles. The summed E-state index contributed by atoms with van der Waals surface area (Å²) in [4.78, 5) is 10.2. The van der Waals surface area contributed by atoms with Crippen molar-refractivity contribution in [1.82, 2.24) is 0 Å². The molecule has 0 spiro atoms. The molecule has 0 amide bonds. The van der Waals surface area contributed by atoms with Crippen molar-refractivity contribution in [2.45, 2.75) is 6.92 Å². The maximum absolute atomic E-state index is 10.2. The number of aliphatic carboxylic acids is 1. The first-order valence-corrected chi connectivity index (χ1v) is 1.72. The summed E-state index contributed by atoms with van der Waals surface area (Å²) in [6.45, 7) is -1.60. The van der Waals surface area contributed by atoms with Crippen LogP contribution in [0.4, 0.5) is 0 Å². The van der Waals surface area contributed by atoms with Gasteiger partial charge in [0.15, 0.2) is 0 Å². The number of hydrogen-bond donors (Lipinski definition) is 2. The molecule has 0 bridgehead atoms. The zero-order chi connectivity index (χ0) is 8.58. The lowest BCUT2D eigenvalue weighted by atomic mass is 10.2. The number of rotatable bonds is 2. The zero-order valence-electron chi connectivity index (χ0n) is 6.93. The predicted octanol–water partition coefficient (Wildman–Crippen LogP) is -0.334. The van der Waals surface area contributed by atoms with Gasteiger partial charge in [0.25, 0.3) is 0 Å². The summed E-state index contributed by atoms with van der Waals surface area (Å²) in [6, 6.07) is 0. The SMILES string of the molecule is [2H]C([2H])(N)C([2H])(C)C(=O)O. The molecule has 42 valence electrons. The molecule has 0 rings (SSSR count). The van der Waals surface area contributed by atoms with E-state index in [4.69, 9.17) is 15.0 Å². The smallest absolute Gasteiger partial charge is 0.307 e. The van der Waals surface area contributed by atoms with Crippen LogP contribution in [0.3, 0.4) is 0 Å². The Balaban J connectivity index is 4.57. The van der Waals surface area contributed by atoms with Crippen molar-refractivity contribution >= 4 is 5.97 Å². The van der Waals surface area contributed by atoms with Gasteiger partial charge in [-0.05, 0) is 0 Å². The fourth-order valence-corrected chi connectivity index (χ4v) is 0.0617. The standard InChI is InChI=1S/C4H9NO2/c1-3(2-5)4(6)7/h3H,2,5H2,1H3,(H,6,7)/i2D2,3D. The van der Waals surface area contributed by atoms with E-state index >= 15 is 0 Å². The molecule has 7 heavy (non-hydrogen) atoms. The first-order chi connectivity index (χ1) is 4.19. The first-order valence-electron chi connectivity index (χ1n) is 3.22. The highest BCUT2D eigenvalue weighted by atomic mass is 16.4. The van der Waals surface area contributed by atoms with Crippen LogP contribution in [-0.4, -0.2) is 17.6 Å². The zero-order valence-corrected chi connectivity index (χ0v) is 3.93. The summed E-state index contributed by atoms with van der Waals surface area (Å²) in [5.41, 5.74) is 4.78. The van der Waals surface area contributed by atoms with Gasteiger partial charge < -0.3 is 10.8 Å². The number of carbonyl (C=O) groups is 1. The minimum Gasteiger partial charge on any atom is -0.481 e. The van der Waals surface area contributed by atoms with E-state index < -0.39 is 18.4 Å². The Morgan fingerprint density at radius 2 is 2.86 bits per heavy atom. The number of hydrogen-bond acceptors (Lipinski definition) is 2. The quantitative estimate of drug-likeness (QED) is 0.506. The lowest BCUT2D eigenvalue weighted by Gasteiger charge is -1.96. The van der Waals surface area contributed by atoms with E-state index in [0.29, 0.717) is 0 Å². The molecule has 0 aromatic rings. The van der Waals surface area contributed by atoms with Crippen molar-refractivity contribution in [3.63, 3.8) is 0 Å². The van der Waals surface area contributed by atoms with Crippen LogP contribution < -0.4 is 5.73 Å². The van der Waals surface area contributed by atoms with Crippen LogP contribution in [0.5, 0.6) is 0 Å². The van der Waals surface area contributed by atoms with E-state index in [1.165, 1.54) is 0 Å². The molecule has 0 fully saturated rings. The van der Waals surface area contributed by atoms with Gasteiger partial charge in [0, 0.05) is 10.6 Å². The molecule has 0 aromatic carbocycles. The molecule has 0 heterocycles. The molecular formula is C4H9NO2. The average Bonchev–Trinajstić information content (AvgIpc) is 1.62. The largest absolute Gasteiger partial charge is 0.481 e. The number of carboxylic acid groups (broad SMARTS) is 1. The first kappa shape index (κ1) is 2.67. The highest BCUT2D eigenvalue weighted by Gasteiger charge is 2.05. The molecule has 1 atom stereocenters. The Morgan fingerprint density at radius 1 is 2.43 bits per heavy atom. The molecule has 0 radical (unpaired) electrons. The Kier molecular flexibility index (Phi) is 0.982. The van der Waals surface area contributed by atoms with Crippen LogP contribution in [0.2, 0.25) is 0 Å². The lowest BCUT2D eigenvalue weighted by Crippen LogP contribution is -2.19. The summed E-state index contributed by atoms with van der Waals surface area (Å²) >= 11 is 0. The van der Waals surface area contributed by atoms with Crippen molar-refractivity contribution < 1.29 is 14.0 Å². The monoisotopic (exact) mass is 106 g/mol. The minimum absolute atomic E-state index is 0.912. The second kappa shape index (κ2) is 2.58. The third-order valence-corrected chi connectivity index (χ3v) is 0.537. The Bertz CT molecular complexity index is 151. The van der Waals surface area contributed by atoms with E-state index in [1.807, 2.05) is 0 Å². The van der Waals surface area contributed by atoms with Crippen LogP contribution in [0.1, 0.15) is 11.0 Å². The van der Waals surface area contributed by atoms with Crippen molar-refractivity contribution in [3.8, 4) is 0 Å². The fraction of sp³-hybridized carbons (Fsp3) is 0.750. The molecule has 1 unspecified atom stereocenters. The van der Waals surface area contributed by atoms with Crippen LogP contribution in [0.25, 0.3) is 0 Å². The van der Waals surface area contributed by atoms with Gasteiger partial charge in [0.2, 0.25) is 0 Å². The molecule has 3 heteroatoms. The molecule has 3 nitrogen and oxygen atoms in total. The maximum atomic E-state index is 10.2. The maximum Gasteiger partial charge on any atom is 0.307 e. The number of carboxylic acids is 1. The Morgan fingerprint density at radius 3 is 2.86 bits per heavy atom. The second-order valence-electron chi connectivity index (χ2n) is 1.07. The van der Waals surface area contributed by atoms with Crippen LogP contribution in [-0.2, 0) is 4.79 Å². The van der Waals surface area contributed by atoms with Gasteiger partial charge in [0.1, 0.15) is 0 Å². The van der Waals surface area contributed by atoms with Gasteiger partial charge in [-0.3, -0.25) is 4.79 Å². The normalized spacial score (nSPS) is 26.3. The highest BCUT2D eigenvalue weighted by Crippen LogP contribution is 1.87. The summed E-state index contributed by atoms with van der Waals surface area (Å²) in [5, 5.41) is 8.27. The third-order valence-electron chi connectivity index (χ3n) is 0.537. The van der Waals surface area contributed by atoms with Crippen LogP contribution in [0.15, 0.2) is 0 Å². The summed E-state index contributed by atoms with van der Waals surface area (Å²) in [7, 11) is 0. The average molecular weight is 106 g/mol. The molecule has 0 aliphatic rings. The van der Waals surface area contributed by atoms with E-state index in [2.05, 4.69) is 0 Å². The van der Waals surface area contributed by atoms with Gasteiger partial charge in [-0.25, -0.2) is 0 Å². The topological polar surface area (TPSA) is 63.3 Å². The highest BCUT2D eigenvalue weighted by molar-refractivity contribution is 5.69. The van der Waals surface area contributed by atoms with Crippen molar-refractivity contribution in [3.05, 3.63) is 0 Å². The van der Waals surface area contributed by atoms with Gasteiger partial charge in [0.05, 0.1) is 5.89 Å². The molecule has 0 saturated heterocycles. The van der Waals surface area contributed by atoms with Crippen molar-refractivity contribution in [2.75, 3.05) is 6.50 Å². The Labute approximate surface area is 46.3 Å². The molecule has 0 aromatic heterocycles. The van der Waals surface area contributed by atoms with Crippen LogP contribution >= 0.6 is 0 Å². The van der Waals surface area contributed by atoms with Gasteiger partial charge in [-0.2, -0.15) is 0 Å². The van der Waals surface area contributed by atoms with Crippen molar-refractivity contribution in [1.29, 1.82) is 0 Å². The predicted molar refractivity (Wildman–Crippen MR) is 25.9 cm³/mol. The lowest BCUT2D eigenvalue weighted by molar-refractivity contribution is -0.140. The van der Waals surface area contributed by atoms with Gasteiger partial charge in [-0.1, -0.05) is 6.92 Å². The van der Waals surface area contributed by atoms with E-state index in [9.17, 15) is 4.79 Å². The van der Waals surface area contributed by atoms with Gasteiger partial charge in [-0.15, -0.1) is 0 Å². The second-order valence-corrected chi connectivity index (χ2v) is 1.07. The Hall–Kier alpha value is -0.570. The van der Waals surface area contributed by atoms with Crippen LogP contribution in [0, 0.1) is 5.89 Å². The van der Waals surface area contributed by atoms with Gasteiger partial charge >= 0.3 is 5.97 Å². The molecule has 3 N–H and O–H groups in total. The summed E-state index contributed by atoms with van der Waals surface area (Å²) in [6.07, 6.45) is 0. The van der Waals surface area contributed by atoms with E-state index in [-0.39, 0.29) is 0 Å².